The van der Waals surface area contributed by atoms with Crippen molar-refractivity contribution in [3.63, 3.8) is 0 Å². The zero-order chi connectivity index (χ0) is 15.6. The van der Waals surface area contributed by atoms with Gasteiger partial charge in [0, 0.05) is 0 Å². The normalized spacial score (nSPS) is 11.1. The van der Waals surface area contributed by atoms with Crippen molar-refractivity contribution in [2.75, 3.05) is 4.72 Å². The second kappa shape index (κ2) is 5.57. The highest BCUT2D eigenvalue weighted by atomic mass is 32.2. The lowest BCUT2D eigenvalue weighted by molar-refractivity contribution is 0.0698. The minimum atomic E-state index is -3.83. The monoisotopic (exact) mass is 305 g/mol. The summed E-state index contributed by atoms with van der Waals surface area (Å²) in [6.45, 7) is 3.61. The third-order valence-electron chi connectivity index (χ3n) is 2.91. The van der Waals surface area contributed by atoms with E-state index in [2.05, 4.69) is 4.72 Å². The van der Waals surface area contributed by atoms with E-state index in [0.29, 0.717) is 0 Å². The van der Waals surface area contributed by atoms with E-state index in [9.17, 15) is 13.2 Å². The first-order valence-corrected chi connectivity index (χ1v) is 7.71. The molecule has 6 heteroatoms. The van der Waals surface area contributed by atoms with E-state index >= 15 is 0 Å². The molecule has 0 saturated heterocycles. The quantitative estimate of drug-likeness (QED) is 0.909. The summed E-state index contributed by atoms with van der Waals surface area (Å²) in [5.74, 6) is -1.19. The predicted octanol–water partition coefficient (Wildman–Crippen LogP) is 2.80. The van der Waals surface area contributed by atoms with Gasteiger partial charge in [-0.2, -0.15) is 0 Å². The summed E-state index contributed by atoms with van der Waals surface area (Å²) in [5, 5.41) is 9.09. The Labute approximate surface area is 123 Å². The Morgan fingerprint density at radius 1 is 1.05 bits per heavy atom. The summed E-state index contributed by atoms with van der Waals surface area (Å²) >= 11 is 0. The minimum Gasteiger partial charge on any atom is -0.478 e. The molecule has 0 bridgehead atoms. The van der Waals surface area contributed by atoms with Crippen molar-refractivity contribution in [2.45, 2.75) is 18.7 Å². The molecule has 0 spiro atoms. The van der Waals surface area contributed by atoms with E-state index in [1.807, 2.05) is 6.07 Å². The van der Waals surface area contributed by atoms with E-state index < -0.39 is 16.0 Å². The van der Waals surface area contributed by atoms with Crippen molar-refractivity contribution in [1.29, 1.82) is 0 Å². The van der Waals surface area contributed by atoms with Crippen LogP contribution < -0.4 is 4.72 Å². The largest absolute Gasteiger partial charge is 0.478 e. The Morgan fingerprint density at radius 3 is 2.19 bits per heavy atom. The van der Waals surface area contributed by atoms with Gasteiger partial charge in [0.25, 0.3) is 10.0 Å². The molecule has 2 aromatic carbocycles. The van der Waals surface area contributed by atoms with Crippen molar-refractivity contribution >= 4 is 21.7 Å². The van der Waals surface area contributed by atoms with Gasteiger partial charge in [-0.3, -0.25) is 4.72 Å². The topological polar surface area (TPSA) is 83.5 Å². The second-order valence-electron chi connectivity index (χ2n) is 4.78. The van der Waals surface area contributed by atoms with Crippen LogP contribution in [0.3, 0.4) is 0 Å². The molecular formula is C15H15NO4S. The third kappa shape index (κ3) is 3.41. The summed E-state index contributed by atoms with van der Waals surface area (Å²) in [5.41, 5.74) is 1.60. The molecule has 0 aliphatic carbocycles. The highest BCUT2D eigenvalue weighted by Crippen LogP contribution is 2.21. The van der Waals surface area contributed by atoms with Gasteiger partial charge in [0.05, 0.1) is 16.1 Å². The average molecular weight is 305 g/mol. The van der Waals surface area contributed by atoms with Gasteiger partial charge in [0.2, 0.25) is 0 Å². The number of rotatable bonds is 4. The highest BCUT2D eigenvalue weighted by molar-refractivity contribution is 7.92. The van der Waals surface area contributed by atoms with Crippen LogP contribution in [0.5, 0.6) is 0 Å². The van der Waals surface area contributed by atoms with Gasteiger partial charge in [-0.05, 0) is 49.2 Å². The molecule has 0 aromatic heterocycles. The van der Waals surface area contributed by atoms with Gasteiger partial charge in [-0.25, -0.2) is 13.2 Å². The van der Waals surface area contributed by atoms with Crippen LogP contribution in [0, 0.1) is 13.8 Å². The number of aromatic carboxylic acids is 1. The van der Waals surface area contributed by atoms with Gasteiger partial charge < -0.3 is 5.11 Å². The lowest BCUT2D eigenvalue weighted by Gasteiger charge is -2.11. The van der Waals surface area contributed by atoms with Crippen LogP contribution in [0.4, 0.5) is 5.69 Å². The summed E-state index contributed by atoms with van der Waals surface area (Å²) in [7, 11) is -3.83. The molecule has 0 heterocycles. The maximum absolute atomic E-state index is 12.4. The molecule has 5 nitrogen and oxygen atoms in total. The molecule has 0 aliphatic rings. The Kier molecular flexibility index (Phi) is 3.99. The van der Waals surface area contributed by atoms with Crippen LogP contribution in [-0.4, -0.2) is 19.5 Å². The number of nitrogens with one attached hydrogen (secondary N) is 1. The van der Waals surface area contributed by atoms with Gasteiger partial charge in [-0.1, -0.05) is 18.2 Å². The molecule has 0 aliphatic heterocycles. The van der Waals surface area contributed by atoms with E-state index in [4.69, 9.17) is 5.11 Å². The molecule has 2 N–H and O–H groups in total. The fraction of sp³-hybridized carbons (Fsp3) is 0.133. The van der Waals surface area contributed by atoms with Crippen molar-refractivity contribution < 1.29 is 18.3 Å². The number of sulfonamides is 1. The summed E-state index contributed by atoms with van der Waals surface area (Å²) in [6, 6.07) is 10.8. The predicted molar refractivity (Wildman–Crippen MR) is 80.1 cm³/mol. The molecule has 110 valence electrons. The summed E-state index contributed by atoms with van der Waals surface area (Å²) in [4.78, 5) is 11.2. The van der Waals surface area contributed by atoms with Gasteiger partial charge in [-0.15, -0.1) is 0 Å². The second-order valence-corrected chi connectivity index (χ2v) is 6.46. The maximum atomic E-state index is 12.4. The number of carbonyl (C=O) groups is 1. The molecular weight excluding hydrogens is 290 g/mol. The number of hydrogen-bond acceptors (Lipinski definition) is 3. The van der Waals surface area contributed by atoms with Gasteiger partial charge in [0.15, 0.2) is 0 Å². The molecule has 0 saturated carbocycles. The number of hydrogen-bond donors (Lipinski definition) is 2. The van der Waals surface area contributed by atoms with E-state index in [1.54, 1.807) is 32.0 Å². The average Bonchev–Trinajstić information content (AvgIpc) is 2.37. The van der Waals surface area contributed by atoms with Crippen molar-refractivity contribution in [3.8, 4) is 0 Å². The number of carboxylic acids is 1. The van der Waals surface area contributed by atoms with Gasteiger partial charge >= 0.3 is 5.97 Å². The first-order chi connectivity index (χ1) is 9.79. The fourth-order valence-electron chi connectivity index (χ4n) is 2.05. The lowest BCUT2D eigenvalue weighted by Crippen LogP contribution is -2.15. The molecule has 0 fully saturated rings. The Balaban J connectivity index is 2.45. The maximum Gasteiger partial charge on any atom is 0.337 e. The molecule has 2 rings (SSSR count). The third-order valence-corrected chi connectivity index (χ3v) is 4.25. The molecule has 0 amide bonds. The summed E-state index contributed by atoms with van der Waals surface area (Å²) < 4.78 is 27.1. The van der Waals surface area contributed by atoms with Crippen LogP contribution in [0.25, 0.3) is 0 Å². The number of carboxylic acid groups (broad SMARTS) is 1. The van der Waals surface area contributed by atoms with E-state index in [1.165, 1.54) is 18.2 Å². The van der Waals surface area contributed by atoms with Crippen molar-refractivity contribution in [2.24, 2.45) is 0 Å². The standard InChI is InChI=1S/C15H15NO4S/c1-10-7-11(2)9-12(8-10)21(19,20)16-14-6-4-3-5-13(14)15(17)18/h3-9,16H,1-2H3,(H,17,18). The Morgan fingerprint density at radius 2 is 1.62 bits per heavy atom. The van der Waals surface area contributed by atoms with Crippen molar-refractivity contribution in [1.82, 2.24) is 0 Å². The van der Waals surface area contributed by atoms with Crippen LogP contribution >= 0.6 is 0 Å². The SMILES string of the molecule is Cc1cc(C)cc(S(=O)(=O)Nc2ccccc2C(=O)O)c1. The van der Waals surface area contributed by atoms with Crippen molar-refractivity contribution in [3.05, 3.63) is 59.2 Å². The molecule has 2 aromatic rings. The first kappa shape index (κ1) is 15.1. The highest BCUT2D eigenvalue weighted by Gasteiger charge is 2.18. The summed E-state index contributed by atoms with van der Waals surface area (Å²) in [6.07, 6.45) is 0. The number of benzene rings is 2. The Hall–Kier alpha value is -2.34. The molecule has 0 atom stereocenters. The first-order valence-electron chi connectivity index (χ1n) is 6.23. The van der Waals surface area contributed by atoms with E-state index in [0.717, 1.165) is 11.1 Å². The zero-order valence-corrected chi connectivity index (χ0v) is 12.4. The molecule has 0 unspecified atom stereocenters. The molecule has 21 heavy (non-hydrogen) atoms. The smallest absolute Gasteiger partial charge is 0.337 e. The van der Waals surface area contributed by atoms with Gasteiger partial charge in [0.1, 0.15) is 0 Å². The van der Waals surface area contributed by atoms with Crippen LogP contribution in [0.1, 0.15) is 21.5 Å². The number of aryl methyl sites for hydroxylation is 2. The number of para-hydroxylation sites is 1. The number of anilines is 1. The zero-order valence-electron chi connectivity index (χ0n) is 11.6. The van der Waals surface area contributed by atoms with Crippen LogP contribution in [-0.2, 0) is 10.0 Å². The van der Waals surface area contributed by atoms with Crippen LogP contribution in [0.15, 0.2) is 47.4 Å². The minimum absolute atomic E-state index is 0.0455. The lowest BCUT2D eigenvalue weighted by atomic mass is 10.2. The Bertz CT molecular complexity index is 777. The van der Waals surface area contributed by atoms with E-state index in [-0.39, 0.29) is 16.1 Å². The molecule has 0 radical (unpaired) electrons. The fourth-order valence-corrected chi connectivity index (χ4v) is 3.32. The van der Waals surface area contributed by atoms with Crippen LogP contribution in [0.2, 0.25) is 0 Å².